The Morgan fingerprint density at radius 2 is 0.973 bits per heavy atom. The number of fused-ring (bicyclic) bond motifs is 5. The summed E-state index contributed by atoms with van der Waals surface area (Å²) in [5, 5.41) is 20.2. The highest BCUT2D eigenvalue weighted by Crippen LogP contribution is 2.44. The molecule has 6 N–H and O–H groups in total. The number of nitrogens with zero attached hydrogens (tertiary/aromatic N) is 4. The van der Waals surface area contributed by atoms with Gasteiger partial charge in [-0.05, 0) is 161 Å². The van der Waals surface area contributed by atoms with Crippen molar-refractivity contribution in [2.75, 3.05) is 46.4 Å². The Bertz CT molecular complexity index is 3210. The van der Waals surface area contributed by atoms with Crippen molar-refractivity contribution >= 4 is 94.7 Å². The second-order valence-corrected chi connectivity index (χ2v) is 29.9. The zero-order valence-corrected chi connectivity index (χ0v) is 65.5. The molecule has 10 rings (SSSR count). The minimum Gasteiger partial charge on any atom is -0.542 e. The largest absolute Gasteiger partial charge is 0.542 e. The molecule has 0 aromatic carbocycles. The molecular weight excluding hydrogens is 1470 g/mol. The molecule has 7 heterocycles. The predicted molar refractivity (Wildman–Crippen MR) is 397 cm³/mol. The Morgan fingerprint density at radius 1 is 0.580 bits per heavy atom. The minimum absolute atomic E-state index is 0. The van der Waals surface area contributed by atoms with Gasteiger partial charge >= 0.3 is 30.1 Å². The average molecular weight is 1590 g/mol. The summed E-state index contributed by atoms with van der Waals surface area (Å²) in [7, 11) is 2.11. The molecule has 0 aromatic heterocycles. The number of morpholine rings is 1. The van der Waals surface area contributed by atoms with E-state index in [4.69, 9.17) is 34.7 Å². The molecule has 10 aliphatic rings. The van der Waals surface area contributed by atoms with Gasteiger partial charge in [-0.1, -0.05) is 54.2 Å². The van der Waals surface area contributed by atoms with Crippen LogP contribution >= 0.6 is 0 Å². The molecule has 4 saturated heterocycles. The Hall–Kier alpha value is -8.63. The van der Waals surface area contributed by atoms with Crippen molar-refractivity contribution in [1.82, 2.24) is 41.0 Å². The number of hydroxylamine groups is 2. The fourth-order valence-electron chi connectivity index (χ4n) is 13.5. The zero-order valence-electron chi connectivity index (χ0n) is 65.5. The molecule has 6 atom stereocenters. The average Bonchev–Trinajstić information content (AvgIpc) is 1.59. The SMILES string of the molecule is C.CC(C)(C)OC(=O)CC1CCC(N)CC1.CC1CCC(N2C(=O)C=CC2=O)CC1.CCC(=O)NCCCCC(NC(=O)CC)C(=O)CC1CCC(N2C(=O)C=CC2=O)CC1.CCC(=O)NCCCCC(NC(=O)CC)C(=O)ON1C(=O)CCC1=O.CN1CCOCC1.O=C([O-])C(F)(F)F.O=C1OC(=O)C2C3C=CC(O3)C12. The van der Waals surface area contributed by atoms with Gasteiger partial charge in [-0.3, -0.25) is 76.9 Å². The molecule has 7 fully saturated rings. The van der Waals surface area contributed by atoms with Gasteiger partial charge in [-0.2, -0.15) is 13.2 Å². The van der Waals surface area contributed by atoms with E-state index in [-0.39, 0.29) is 140 Å². The summed E-state index contributed by atoms with van der Waals surface area (Å²) in [6.45, 7) is 20.0. The number of esters is 3. The van der Waals surface area contributed by atoms with Crippen molar-refractivity contribution in [1.29, 1.82) is 0 Å². The first kappa shape index (κ1) is 97.6. The lowest BCUT2D eigenvalue weighted by molar-refractivity contribution is -0.344. The molecule has 0 spiro atoms. The second-order valence-electron chi connectivity index (χ2n) is 29.9. The maximum absolute atomic E-state index is 12.9. The standard InChI is InChI=1S/C23H35N3O5.C16H25N3O6.C12H23NO2.C11H15NO2.C8H6O4.C5H11NO.C2HF3O2.CH4/c1-3-20(28)24-14-6-5-7-18(25-21(29)4-2)19(27)15-16-8-10-17(11-9-16)26-22(30)12-13-23(26)31;1-3-12(20)17-10-6-5-7-11(18-13(21)4-2)16(24)25-19-14(22)8-9-15(19)23;1-12(2,3)15-11(14)8-9-4-6-10(13)7-5-9;1-8-2-4-9(5-3-8)12-10(13)6-7-11(12)14;9-7-5-3-1-2-4(11-3)6(5)8(10)12-7;1-6-2-4-7-5-3-6;3-2(4,5)1(6)7;/h12-13,16-18H,3-11,14-15H2,1-2H3,(H,24,28)(H,25,29);11H,3-10H2,1-2H3,(H,17,20)(H,18,21);9-10H,4-8,13H2,1-3H3;6-9H,2-5H2,1H3;1-6H;2-5H2,1H3;(H,6,7);1H4/p-1. The van der Waals surface area contributed by atoms with E-state index < -0.39 is 54.0 Å². The summed E-state index contributed by atoms with van der Waals surface area (Å²) in [6.07, 6.45) is 20.7. The first-order chi connectivity index (χ1) is 52.4. The number of cyclic esters (lactones) is 2. The highest BCUT2D eigenvalue weighted by molar-refractivity contribution is 6.14. The summed E-state index contributed by atoms with van der Waals surface area (Å²) in [6, 6.07) is -1.04. The van der Waals surface area contributed by atoms with Crippen LogP contribution in [-0.2, 0) is 100 Å². The molecule has 34 heteroatoms. The van der Waals surface area contributed by atoms with Crippen LogP contribution in [0.1, 0.15) is 230 Å². The number of carboxylic acid groups (broad SMARTS) is 1. The molecule has 2 bridgehead atoms. The maximum Gasteiger partial charge on any atom is 0.430 e. The minimum atomic E-state index is -5.19. The van der Waals surface area contributed by atoms with E-state index in [1.165, 1.54) is 34.1 Å². The number of ether oxygens (including phenoxy) is 4. The molecule has 0 radical (unpaired) electrons. The number of aliphatic carboxylic acids is 1. The summed E-state index contributed by atoms with van der Waals surface area (Å²) in [4.78, 5) is 193. The van der Waals surface area contributed by atoms with Crippen LogP contribution in [0.25, 0.3) is 0 Å². The number of amides is 10. The summed E-state index contributed by atoms with van der Waals surface area (Å²) in [5.41, 5.74) is 5.45. The van der Waals surface area contributed by atoms with Crippen LogP contribution in [0.3, 0.4) is 0 Å². The number of likely N-dealkylation sites (N-methyl/N-ethyl adjacent to an activating group) is 1. The van der Waals surface area contributed by atoms with Gasteiger partial charge in [-0.25, -0.2) is 4.79 Å². The van der Waals surface area contributed by atoms with E-state index in [1.807, 2.05) is 32.9 Å². The highest BCUT2D eigenvalue weighted by atomic mass is 19.4. The molecule has 3 aliphatic carbocycles. The van der Waals surface area contributed by atoms with E-state index >= 15 is 0 Å². The number of carbonyl (C=O) groups excluding carboxylic acids is 16. The monoisotopic (exact) mass is 1590 g/mol. The lowest BCUT2D eigenvalue weighted by Gasteiger charge is -2.33. The molecule has 3 saturated carbocycles. The highest BCUT2D eigenvalue weighted by Gasteiger charge is 2.59. The van der Waals surface area contributed by atoms with Crippen LogP contribution in [0.4, 0.5) is 13.2 Å². The number of alkyl halides is 3. The number of halogens is 3. The third-order valence-corrected chi connectivity index (χ3v) is 19.9. The number of carboxylic acids is 1. The predicted octanol–water partition coefficient (Wildman–Crippen LogP) is 5.45. The molecular formula is C78H119F3N9O22-. The molecule has 0 aromatic rings. The van der Waals surface area contributed by atoms with Crippen molar-refractivity contribution in [2.45, 2.75) is 284 Å². The van der Waals surface area contributed by atoms with Gasteiger partial charge in [0, 0.05) is 120 Å². The van der Waals surface area contributed by atoms with E-state index in [2.05, 4.69) is 44.9 Å². The topological polar surface area (TPSA) is 429 Å². The van der Waals surface area contributed by atoms with Crippen molar-refractivity contribution < 1.29 is 119 Å². The number of Topliss-reactive ketones (excluding diaryl/α,β-unsaturated/α-hetero) is 1. The first-order valence-electron chi connectivity index (χ1n) is 38.8. The number of imide groups is 3. The quantitative estimate of drug-likeness (QED) is 0.0249. The number of rotatable bonds is 25. The van der Waals surface area contributed by atoms with E-state index in [9.17, 15) is 85.1 Å². The number of hydrogen-bond donors (Lipinski definition) is 5. The molecule has 31 nitrogen and oxygen atoms in total. The second kappa shape index (κ2) is 49.1. The Balaban J connectivity index is 0.000000357. The van der Waals surface area contributed by atoms with E-state index in [0.717, 1.165) is 109 Å². The Labute approximate surface area is 654 Å². The number of nitrogens with two attached hydrogens (primary N) is 1. The summed E-state index contributed by atoms with van der Waals surface area (Å²) >= 11 is 0. The number of hydrogen-bond acceptors (Lipinski definition) is 24. The van der Waals surface area contributed by atoms with Gasteiger partial charge in [0.25, 0.3) is 35.4 Å². The number of unbranched alkanes of at least 4 members (excludes halogenated alkanes) is 2. The third-order valence-electron chi connectivity index (χ3n) is 19.9. The molecule has 630 valence electrons. The van der Waals surface area contributed by atoms with Crippen LogP contribution in [-0.4, -0.2) is 215 Å². The molecule has 6 unspecified atom stereocenters. The van der Waals surface area contributed by atoms with E-state index in [0.29, 0.717) is 94.3 Å². The molecule has 112 heavy (non-hydrogen) atoms. The fraction of sp³-hybridized carbons (Fsp3) is 0.718. The molecule has 7 aliphatic heterocycles. The van der Waals surface area contributed by atoms with Crippen molar-refractivity contribution in [3.63, 3.8) is 0 Å². The number of ketones is 1. The van der Waals surface area contributed by atoms with Gasteiger partial charge in [0.1, 0.15) is 29.4 Å². The van der Waals surface area contributed by atoms with Crippen molar-refractivity contribution in [2.24, 2.45) is 35.3 Å². The van der Waals surface area contributed by atoms with Crippen LogP contribution < -0.4 is 32.1 Å². The van der Waals surface area contributed by atoms with Crippen molar-refractivity contribution in [3.8, 4) is 0 Å². The normalized spacial score (nSPS) is 24.6. The maximum atomic E-state index is 12.9. The van der Waals surface area contributed by atoms with E-state index in [1.54, 1.807) is 27.7 Å². The van der Waals surface area contributed by atoms with Crippen molar-refractivity contribution in [3.05, 3.63) is 36.5 Å². The number of carbonyl (C=O) groups is 16. The van der Waals surface area contributed by atoms with Gasteiger partial charge in [-0.15, -0.1) is 5.06 Å². The van der Waals surface area contributed by atoms with Gasteiger partial charge in [0.2, 0.25) is 23.6 Å². The van der Waals surface area contributed by atoms with Crippen LogP contribution in [0, 0.1) is 29.6 Å². The number of nitrogens with one attached hydrogen (secondary N) is 4. The first-order valence-corrected chi connectivity index (χ1v) is 38.8. The Morgan fingerprint density at radius 3 is 1.37 bits per heavy atom. The van der Waals surface area contributed by atoms with Gasteiger partial charge in [0.05, 0.1) is 31.5 Å². The zero-order chi connectivity index (χ0) is 82.7. The van der Waals surface area contributed by atoms with Gasteiger partial charge < -0.3 is 65.6 Å². The van der Waals surface area contributed by atoms with Gasteiger partial charge in [0.15, 0.2) is 5.78 Å². The third kappa shape index (κ3) is 34.4. The fourth-order valence-corrected chi connectivity index (χ4v) is 13.5. The lowest BCUT2D eigenvalue weighted by atomic mass is 9.81. The Kier molecular flexibility index (Phi) is 42.8. The van der Waals surface area contributed by atoms with Crippen LogP contribution in [0.5, 0.6) is 0 Å². The smallest absolute Gasteiger partial charge is 0.430 e. The lowest BCUT2D eigenvalue weighted by Crippen LogP contribution is -2.45. The van der Waals surface area contributed by atoms with Crippen LogP contribution in [0.15, 0.2) is 36.5 Å². The summed E-state index contributed by atoms with van der Waals surface area (Å²) < 4.78 is 51.8. The molecule has 10 amide bonds. The van der Waals surface area contributed by atoms with Crippen LogP contribution in [0.2, 0.25) is 0 Å². The summed E-state index contributed by atoms with van der Waals surface area (Å²) in [5.74, 6) is -6.45.